The van der Waals surface area contributed by atoms with E-state index in [4.69, 9.17) is 0 Å². The Bertz CT molecular complexity index is 891. The second-order valence-corrected chi connectivity index (χ2v) is 8.17. The number of hydrogen-bond acceptors (Lipinski definition) is 4. The highest BCUT2D eigenvalue weighted by Gasteiger charge is 2.29. The molecule has 2 aliphatic heterocycles. The van der Waals surface area contributed by atoms with Gasteiger partial charge in [0.25, 0.3) is 5.91 Å². The number of benzene rings is 1. The Labute approximate surface area is 171 Å². The van der Waals surface area contributed by atoms with Crippen LogP contribution in [0.5, 0.6) is 0 Å². The number of rotatable bonds is 4. The maximum absolute atomic E-state index is 12.7. The molecular formula is C22H29N5O2. The predicted molar refractivity (Wildman–Crippen MR) is 110 cm³/mol. The molecule has 4 rings (SSSR count). The number of aryl methyl sites for hydroxylation is 2. The SMILES string of the molecule is Cc1cccc(C(=O)NCC(=O)N2CCC[C@H](c3nnc4n3CCCCC4)C2)c1. The number of nitrogens with zero attached hydrogens (tertiary/aromatic N) is 4. The van der Waals surface area contributed by atoms with Crippen molar-refractivity contribution < 1.29 is 9.59 Å². The van der Waals surface area contributed by atoms with E-state index in [0.29, 0.717) is 12.1 Å². The van der Waals surface area contributed by atoms with Crippen LogP contribution < -0.4 is 5.32 Å². The Hall–Kier alpha value is -2.70. The van der Waals surface area contributed by atoms with Gasteiger partial charge in [-0.25, -0.2) is 0 Å². The van der Waals surface area contributed by atoms with Crippen LogP contribution in [0, 0.1) is 6.92 Å². The van der Waals surface area contributed by atoms with E-state index in [1.807, 2.05) is 30.0 Å². The van der Waals surface area contributed by atoms with Crippen LogP contribution in [0.1, 0.15) is 65.6 Å². The minimum Gasteiger partial charge on any atom is -0.343 e. The summed E-state index contributed by atoms with van der Waals surface area (Å²) in [4.78, 5) is 26.9. The molecule has 1 fully saturated rings. The number of piperidine rings is 1. The smallest absolute Gasteiger partial charge is 0.251 e. The van der Waals surface area contributed by atoms with Crippen molar-refractivity contribution in [2.75, 3.05) is 19.6 Å². The van der Waals surface area contributed by atoms with Gasteiger partial charge in [-0.15, -0.1) is 10.2 Å². The van der Waals surface area contributed by atoms with Crippen LogP contribution in [-0.2, 0) is 17.8 Å². The van der Waals surface area contributed by atoms with Crippen molar-refractivity contribution in [3.8, 4) is 0 Å². The van der Waals surface area contributed by atoms with Gasteiger partial charge in [-0.05, 0) is 44.7 Å². The van der Waals surface area contributed by atoms with Gasteiger partial charge in [0, 0.05) is 37.5 Å². The molecule has 2 aliphatic rings. The van der Waals surface area contributed by atoms with Crippen molar-refractivity contribution in [3.63, 3.8) is 0 Å². The van der Waals surface area contributed by atoms with Crippen LogP contribution in [-0.4, -0.2) is 51.1 Å². The topological polar surface area (TPSA) is 80.1 Å². The summed E-state index contributed by atoms with van der Waals surface area (Å²) in [7, 11) is 0. The third kappa shape index (κ3) is 4.49. The van der Waals surface area contributed by atoms with Crippen molar-refractivity contribution in [3.05, 3.63) is 47.0 Å². The number of aromatic nitrogens is 3. The zero-order valence-electron chi connectivity index (χ0n) is 17.1. The summed E-state index contributed by atoms with van der Waals surface area (Å²) in [6.45, 7) is 4.33. The van der Waals surface area contributed by atoms with Crippen molar-refractivity contribution in [1.82, 2.24) is 25.0 Å². The minimum atomic E-state index is -0.210. The number of carbonyl (C=O) groups is 2. The fourth-order valence-corrected chi connectivity index (χ4v) is 4.38. The number of amides is 2. The standard InChI is InChI=1S/C22H29N5O2/c1-16-7-5-8-17(13-16)22(29)23-14-20(28)26-11-6-9-18(15-26)21-25-24-19-10-3-2-4-12-27(19)21/h5,7-8,13,18H,2-4,6,9-12,14-15H2,1H3,(H,23,29)/t18-/m0/s1. The Balaban J connectivity index is 1.36. The van der Waals surface area contributed by atoms with E-state index >= 15 is 0 Å². The monoisotopic (exact) mass is 395 g/mol. The highest BCUT2D eigenvalue weighted by molar-refractivity contribution is 5.96. The molecule has 2 amide bonds. The molecule has 0 saturated carbocycles. The van der Waals surface area contributed by atoms with E-state index < -0.39 is 0 Å². The van der Waals surface area contributed by atoms with Gasteiger partial charge in [0.15, 0.2) is 0 Å². The van der Waals surface area contributed by atoms with Crippen molar-refractivity contribution in [2.45, 2.75) is 57.9 Å². The Morgan fingerprint density at radius 3 is 2.90 bits per heavy atom. The van der Waals surface area contributed by atoms with Crippen molar-refractivity contribution in [1.29, 1.82) is 0 Å². The highest BCUT2D eigenvalue weighted by atomic mass is 16.2. The lowest BCUT2D eigenvalue weighted by molar-refractivity contribution is -0.131. The molecule has 0 bridgehead atoms. The zero-order valence-corrected chi connectivity index (χ0v) is 17.1. The summed E-state index contributed by atoms with van der Waals surface area (Å²) in [6.07, 6.45) is 6.54. The Morgan fingerprint density at radius 2 is 2.03 bits per heavy atom. The van der Waals surface area contributed by atoms with E-state index in [0.717, 1.165) is 49.6 Å². The van der Waals surface area contributed by atoms with Gasteiger partial charge in [-0.2, -0.15) is 0 Å². The zero-order chi connectivity index (χ0) is 20.2. The molecule has 1 aromatic heterocycles. The van der Waals surface area contributed by atoms with Gasteiger partial charge in [0.2, 0.25) is 5.91 Å². The minimum absolute atomic E-state index is 0.0252. The molecule has 1 N–H and O–H groups in total. The lowest BCUT2D eigenvalue weighted by Crippen LogP contribution is -2.45. The summed E-state index contributed by atoms with van der Waals surface area (Å²) in [5, 5.41) is 11.7. The Morgan fingerprint density at radius 1 is 1.14 bits per heavy atom. The van der Waals surface area contributed by atoms with Gasteiger partial charge >= 0.3 is 0 Å². The average Bonchev–Trinajstić information content (AvgIpc) is 3.00. The lowest BCUT2D eigenvalue weighted by Gasteiger charge is -2.32. The predicted octanol–water partition coefficient (Wildman–Crippen LogP) is 2.45. The molecule has 1 aromatic carbocycles. The fraction of sp³-hybridized carbons (Fsp3) is 0.545. The number of hydrogen-bond donors (Lipinski definition) is 1. The van der Waals surface area contributed by atoms with Crippen LogP contribution in [0.15, 0.2) is 24.3 Å². The molecule has 154 valence electrons. The summed E-state index contributed by atoms with van der Waals surface area (Å²) >= 11 is 0. The Kier molecular flexibility index (Phi) is 5.92. The normalized spacial score (nSPS) is 19.3. The fourth-order valence-electron chi connectivity index (χ4n) is 4.38. The van der Waals surface area contributed by atoms with Gasteiger partial charge < -0.3 is 14.8 Å². The van der Waals surface area contributed by atoms with Crippen LogP contribution in [0.2, 0.25) is 0 Å². The molecular weight excluding hydrogens is 366 g/mol. The number of likely N-dealkylation sites (tertiary alicyclic amines) is 1. The number of carbonyl (C=O) groups excluding carboxylic acids is 2. The maximum Gasteiger partial charge on any atom is 0.251 e. The quantitative estimate of drug-likeness (QED) is 0.862. The summed E-state index contributed by atoms with van der Waals surface area (Å²) < 4.78 is 2.28. The summed E-state index contributed by atoms with van der Waals surface area (Å²) in [5.74, 6) is 2.10. The molecule has 7 nitrogen and oxygen atoms in total. The first-order chi connectivity index (χ1) is 14.1. The largest absolute Gasteiger partial charge is 0.343 e. The second-order valence-electron chi connectivity index (χ2n) is 8.17. The molecule has 7 heteroatoms. The first-order valence-electron chi connectivity index (χ1n) is 10.7. The molecule has 0 radical (unpaired) electrons. The lowest BCUT2D eigenvalue weighted by atomic mass is 9.97. The van der Waals surface area contributed by atoms with Crippen LogP contribution >= 0.6 is 0 Å². The van der Waals surface area contributed by atoms with Crippen molar-refractivity contribution in [2.24, 2.45) is 0 Å². The molecule has 3 heterocycles. The molecule has 2 aromatic rings. The summed E-state index contributed by atoms with van der Waals surface area (Å²) in [5.41, 5.74) is 1.61. The van der Waals surface area contributed by atoms with Gasteiger partial charge in [-0.1, -0.05) is 24.1 Å². The van der Waals surface area contributed by atoms with Gasteiger partial charge in [0.05, 0.1) is 6.54 Å². The van der Waals surface area contributed by atoms with Crippen LogP contribution in [0.25, 0.3) is 0 Å². The molecule has 0 aliphatic carbocycles. The molecule has 0 spiro atoms. The molecule has 1 saturated heterocycles. The number of fused-ring (bicyclic) bond motifs is 1. The summed E-state index contributed by atoms with van der Waals surface area (Å²) in [6, 6.07) is 7.39. The third-order valence-electron chi connectivity index (χ3n) is 5.96. The molecule has 29 heavy (non-hydrogen) atoms. The van der Waals surface area contributed by atoms with E-state index in [1.165, 1.54) is 19.3 Å². The van der Waals surface area contributed by atoms with Crippen molar-refractivity contribution >= 4 is 11.8 Å². The van der Waals surface area contributed by atoms with E-state index in [-0.39, 0.29) is 24.3 Å². The third-order valence-corrected chi connectivity index (χ3v) is 5.96. The van der Waals surface area contributed by atoms with Gasteiger partial charge in [0.1, 0.15) is 11.6 Å². The first kappa shape index (κ1) is 19.6. The van der Waals surface area contributed by atoms with E-state index in [1.54, 1.807) is 6.07 Å². The van der Waals surface area contributed by atoms with Crippen LogP contribution in [0.3, 0.4) is 0 Å². The van der Waals surface area contributed by atoms with Gasteiger partial charge in [-0.3, -0.25) is 9.59 Å². The molecule has 1 atom stereocenters. The van der Waals surface area contributed by atoms with E-state index in [2.05, 4.69) is 20.1 Å². The maximum atomic E-state index is 12.7. The number of nitrogens with one attached hydrogen (secondary N) is 1. The highest BCUT2D eigenvalue weighted by Crippen LogP contribution is 2.28. The van der Waals surface area contributed by atoms with E-state index in [9.17, 15) is 9.59 Å². The van der Waals surface area contributed by atoms with Crippen LogP contribution in [0.4, 0.5) is 0 Å². The average molecular weight is 396 g/mol. The first-order valence-corrected chi connectivity index (χ1v) is 10.7. The molecule has 0 unspecified atom stereocenters. The second kappa shape index (κ2) is 8.76.